The lowest BCUT2D eigenvalue weighted by atomic mass is 9.96. The fourth-order valence-electron chi connectivity index (χ4n) is 3.40. The van der Waals surface area contributed by atoms with Crippen molar-refractivity contribution in [2.75, 3.05) is 20.5 Å². The molecule has 0 aromatic heterocycles. The van der Waals surface area contributed by atoms with E-state index in [1.807, 2.05) is 48.5 Å². The Morgan fingerprint density at radius 2 is 1.81 bits per heavy atom. The molecule has 0 spiro atoms. The molecule has 5 nitrogen and oxygen atoms in total. The van der Waals surface area contributed by atoms with E-state index in [1.165, 1.54) is 6.08 Å². The van der Waals surface area contributed by atoms with Crippen LogP contribution in [0.25, 0.3) is 16.8 Å². The van der Waals surface area contributed by atoms with Crippen molar-refractivity contribution in [2.24, 2.45) is 0 Å². The second-order valence-corrected chi connectivity index (χ2v) is 6.90. The normalized spacial score (nSPS) is 11.1. The minimum atomic E-state index is -0.381. The standard InChI is InChI=1S/C26H28O5/c1-4-20-12-9-13-22-21(14-15-24(27)29-5-2)16-23(26(25(20)22)31-18-28-3)30-17-19-10-7-6-8-11-19/h6-16H,4-5,17-18H2,1-3H3/b15-14-. The molecule has 0 saturated carbocycles. The summed E-state index contributed by atoms with van der Waals surface area (Å²) in [5.74, 6) is 0.852. The predicted octanol–water partition coefficient (Wildman–Crippen LogP) is 5.54. The smallest absolute Gasteiger partial charge is 0.330 e. The topological polar surface area (TPSA) is 54.0 Å². The summed E-state index contributed by atoms with van der Waals surface area (Å²) in [5, 5.41) is 1.93. The van der Waals surface area contributed by atoms with Gasteiger partial charge in [-0.15, -0.1) is 0 Å². The Morgan fingerprint density at radius 1 is 1.00 bits per heavy atom. The van der Waals surface area contributed by atoms with E-state index in [9.17, 15) is 4.79 Å². The van der Waals surface area contributed by atoms with Crippen LogP contribution in [-0.2, 0) is 27.3 Å². The molecular weight excluding hydrogens is 392 g/mol. The summed E-state index contributed by atoms with van der Waals surface area (Å²) in [4.78, 5) is 11.9. The molecule has 0 heterocycles. The van der Waals surface area contributed by atoms with Crippen molar-refractivity contribution in [1.29, 1.82) is 0 Å². The van der Waals surface area contributed by atoms with Gasteiger partial charge < -0.3 is 18.9 Å². The van der Waals surface area contributed by atoms with Crippen LogP contribution in [0.5, 0.6) is 11.5 Å². The van der Waals surface area contributed by atoms with Crippen LogP contribution in [0.4, 0.5) is 0 Å². The summed E-state index contributed by atoms with van der Waals surface area (Å²) in [7, 11) is 1.59. The second-order valence-electron chi connectivity index (χ2n) is 6.90. The highest BCUT2D eigenvalue weighted by Crippen LogP contribution is 2.41. The highest BCUT2D eigenvalue weighted by molar-refractivity contribution is 6.01. The average Bonchev–Trinajstić information content (AvgIpc) is 2.80. The number of benzene rings is 3. The molecular formula is C26H28O5. The van der Waals surface area contributed by atoms with Gasteiger partial charge in [-0.3, -0.25) is 0 Å². The Labute approximate surface area is 183 Å². The number of rotatable bonds is 10. The molecule has 0 aliphatic rings. The predicted molar refractivity (Wildman–Crippen MR) is 122 cm³/mol. The summed E-state index contributed by atoms with van der Waals surface area (Å²) < 4.78 is 22.4. The Kier molecular flexibility index (Phi) is 8.07. The molecule has 0 fully saturated rings. The Morgan fingerprint density at radius 3 is 2.52 bits per heavy atom. The number of hydrogen-bond donors (Lipinski definition) is 0. The number of methoxy groups -OCH3 is 1. The maximum atomic E-state index is 11.9. The fraction of sp³-hybridized carbons (Fsp3) is 0.269. The van der Waals surface area contributed by atoms with Crippen LogP contribution in [0.15, 0.2) is 60.7 Å². The number of esters is 1. The van der Waals surface area contributed by atoms with Crippen molar-refractivity contribution in [3.05, 3.63) is 77.4 Å². The minimum Gasteiger partial charge on any atom is -0.485 e. The first kappa shape index (κ1) is 22.4. The third kappa shape index (κ3) is 5.64. The number of aryl methyl sites for hydroxylation is 1. The first-order valence-electron chi connectivity index (χ1n) is 10.4. The monoisotopic (exact) mass is 420 g/mol. The van der Waals surface area contributed by atoms with Crippen LogP contribution in [0.2, 0.25) is 0 Å². The second kappa shape index (κ2) is 11.2. The van der Waals surface area contributed by atoms with E-state index in [2.05, 4.69) is 13.0 Å². The SMILES string of the molecule is CCOC(=O)/C=C\c1cc(OCc2ccccc2)c(OCOC)c2c(CC)cccc12. The molecule has 0 atom stereocenters. The van der Waals surface area contributed by atoms with E-state index < -0.39 is 0 Å². The number of carbonyl (C=O) groups is 1. The lowest BCUT2D eigenvalue weighted by Crippen LogP contribution is -2.05. The van der Waals surface area contributed by atoms with E-state index in [1.54, 1.807) is 20.1 Å². The van der Waals surface area contributed by atoms with Crippen molar-refractivity contribution in [2.45, 2.75) is 26.9 Å². The average molecular weight is 421 g/mol. The molecule has 5 heteroatoms. The first-order valence-corrected chi connectivity index (χ1v) is 10.4. The minimum absolute atomic E-state index is 0.104. The molecule has 162 valence electrons. The van der Waals surface area contributed by atoms with Gasteiger partial charge in [0.1, 0.15) is 6.61 Å². The molecule has 0 unspecified atom stereocenters. The van der Waals surface area contributed by atoms with Gasteiger partial charge in [0.15, 0.2) is 18.3 Å². The van der Waals surface area contributed by atoms with Gasteiger partial charge in [0.05, 0.1) is 6.61 Å². The molecule has 3 aromatic carbocycles. The molecule has 3 rings (SSSR count). The number of fused-ring (bicyclic) bond motifs is 1. The van der Waals surface area contributed by atoms with Crippen molar-refractivity contribution < 1.29 is 23.7 Å². The zero-order valence-electron chi connectivity index (χ0n) is 18.2. The zero-order chi connectivity index (χ0) is 22.1. The van der Waals surface area contributed by atoms with Gasteiger partial charge in [0.25, 0.3) is 0 Å². The van der Waals surface area contributed by atoms with E-state index in [4.69, 9.17) is 18.9 Å². The third-order valence-electron chi connectivity index (χ3n) is 4.82. The molecule has 0 N–H and O–H groups in total. The maximum absolute atomic E-state index is 11.9. The number of ether oxygens (including phenoxy) is 4. The summed E-state index contributed by atoms with van der Waals surface area (Å²) in [6.45, 7) is 4.71. The highest BCUT2D eigenvalue weighted by Gasteiger charge is 2.17. The van der Waals surface area contributed by atoms with Crippen molar-refractivity contribution >= 4 is 22.8 Å². The molecule has 0 aliphatic carbocycles. The van der Waals surface area contributed by atoms with Gasteiger partial charge >= 0.3 is 5.97 Å². The Bertz CT molecular complexity index is 1040. The zero-order valence-corrected chi connectivity index (χ0v) is 18.2. The molecule has 0 radical (unpaired) electrons. The molecule has 0 bridgehead atoms. The van der Waals surface area contributed by atoms with E-state index >= 15 is 0 Å². The summed E-state index contributed by atoms with van der Waals surface area (Å²) in [6, 6.07) is 17.9. The fourth-order valence-corrected chi connectivity index (χ4v) is 3.40. The molecule has 31 heavy (non-hydrogen) atoms. The lowest BCUT2D eigenvalue weighted by molar-refractivity contribution is -0.137. The first-order chi connectivity index (χ1) is 15.2. The van der Waals surface area contributed by atoms with Crippen LogP contribution < -0.4 is 9.47 Å². The van der Waals surface area contributed by atoms with Crippen molar-refractivity contribution in [1.82, 2.24) is 0 Å². The molecule has 3 aromatic rings. The van der Waals surface area contributed by atoms with Gasteiger partial charge in [0.2, 0.25) is 0 Å². The number of hydrogen-bond acceptors (Lipinski definition) is 5. The van der Waals surface area contributed by atoms with Gasteiger partial charge in [0, 0.05) is 18.6 Å². The number of carbonyl (C=O) groups excluding carboxylic acids is 1. The van der Waals surface area contributed by atoms with Crippen LogP contribution in [0.3, 0.4) is 0 Å². The summed E-state index contributed by atoms with van der Waals surface area (Å²) >= 11 is 0. The van der Waals surface area contributed by atoms with Crippen molar-refractivity contribution in [3.8, 4) is 11.5 Å². The largest absolute Gasteiger partial charge is 0.485 e. The summed E-state index contributed by atoms with van der Waals surface area (Å²) in [5.41, 5.74) is 3.03. The van der Waals surface area contributed by atoms with Crippen LogP contribution in [-0.4, -0.2) is 26.5 Å². The molecule has 0 aliphatic heterocycles. The highest BCUT2D eigenvalue weighted by atomic mass is 16.7. The van der Waals surface area contributed by atoms with Gasteiger partial charge in [-0.25, -0.2) is 4.79 Å². The molecule has 0 saturated heterocycles. The summed E-state index contributed by atoms with van der Waals surface area (Å²) in [6.07, 6.45) is 4.02. The van der Waals surface area contributed by atoms with Crippen LogP contribution >= 0.6 is 0 Å². The Hall–Kier alpha value is -3.31. The van der Waals surface area contributed by atoms with E-state index in [-0.39, 0.29) is 12.8 Å². The maximum Gasteiger partial charge on any atom is 0.330 e. The van der Waals surface area contributed by atoms with Gasteiger partial charge in [-0.1, -0.05) is 55.5 Å². The van der Waals surface area contributed by atoms with Crippen LogP contribution in [0.1, 0.15) is 30.5 Å². The van der Waals surface area contributed by atoms with Crippen LogP contribution in [0, 0.1) is 0 Å². The van der Waals surface area contributed by atoms with E-state index in [0.29, 0.717) is 24.7 Å². The molecule has 0 amide bonds. The van der Waals surface area contributed by atoms with Gasteiger partial charge in [-0.2, -0.15) is 0 Å². The van der Waals surface area contributed by atoms with Crippen molar-refractivity contribution in [3.63, 3.8) is 0 Å². The third-order valence-corrected chi connectivity index (χ3v) is 4.82. The lowest BCUT2D eigenvalue weighted by Gasteiger charge is -2.18. The quantitative estimate of drug-likeness (QED) is 0.245. The van der Waals surface area contributed by atoms with E-state index in [0.717, 1.165) is 33.9 Å². The Balaban J connectivity index is 2.12. The van der Waals surface area contributed by atoms with Gasteiger partial charge in [-0.05, 0) is 47.6 Å².